The van der Waals surface area contributed by atoms with Crippen LogP contribution in [0.5, 0.6) is 0 Å². The third kappa shape index (κ3) is 2.94. The molecule has 0 atom stereocenters. The molecule has 0 aliphatic rings. The van der Waals surface area contributed by atoms with Crippen LogP contribution in [-0.2, 0) is 0 Å². The van der Waals surface area contributed by atoms with E-state index >= 15 is 0 Å². The van der Waals surface area contributed by atoms with Crippen molar-refractivity contribution < 1.29 is 9.18 Å². The number of nitrogens with two attached hydrogens (primary N) is 1. The van der Waals surface area contributed by atoms with Crippen LogP contribution in [0.4, 0.5) is 10.1 Å². The van der Waals surface area contributed by atoms with Gasteiger partial charge in [0, 0.05) is 0 Å². The maximum Gasteiger partial charge on any atom is 0.267 e. The van der Waals surface area contributed by atoms with E-state index in [4.69, 9.17) is 18.0 Å². The van der Waals surface area contributed by atoms with E-state index in [0.717, 1.165) is 5.01 Å². The Kier molecular flexibility index (Phi) is 3.87. The number of halogens is 1. The fourth-order valence-corrected chi connectivity index (χ4v) is 2.41. The predicted molar refractivity (Wildman–Crippen MR) is 77.1 cm³/mol. The summed E-state index contributed by atoms with van der Waals surface area (Å²) < 4.78 is 13.6. The van der Waals surface area contributed by atoms with Crippen LogP contribution in [0.25, 0.3) is 0 Å². The van der Waals surface area contributed by atoms with Gasteiger partial charge in [-0.15, -0.1) is 11.3 Å². The van der Waals surface area contributed by atoms with E-state index in [1.165, 1.54) is 29.7 Å². The Morgan fingerprint density at radius 2 is 2.26 bits per heavy atom. The number of hydrogen-bond donors (Lipinski definition) is 2. The van der Waals surface area contributed by atoms with E-state index in [1.807, 2.05) is 0 Å². The van der Waals surface area contributed by atoms with Crippen LogP contribution in [0, 0.1) is 12.7 Å². The molecule has 0 saturated heterocycles. The van der Waals surface area contributed by atoms with Crippen LogP contribution >= 0.6 is 23.6 Å². The molecule has 0 unspecified atom stereocenters. The largest absolute Gasteiger partial charge is 0.389 e. The molecule has 19 heavy (non-hydrogen) atoms. The highest BCUT2D eigenvalue weighted by Crippen LogP contribution is 2.21. The van der Waals surface area contributed by atoms with Crippen molar-refractivity contribution in [1.29, 1.82) is 0 Å². The van der Waals surface area contributed by atoms with Gasteiger partial charge in [0.05, 0.1) is 22.5 Å². The average Bonchev–Trinajstić information content (AvgIpc) is 2.75. The summed E-state index contributed by atoms with van der Waals surface area (Å²) in [7, 11) is 0. The second-order valence-corrected chi connectivity index (χ2v) is 5.40. The number of anilines is 1. The fourth-order valence-electron chi connectivity index (χ4n) is 1.53. The molecule has 0 radical (unpaired) electrons. The number of carbonyl (C=O) groups excluding carboxylic acids is 1. The molecule has 3 N–H and O–H groups in total. The maximum absolute atomic E-state index is 13.6. The molecular weight excluding hydrogens is 285 g/mol. The van der Waals surface area contributed by atoms with Gasteiger partial charge in [0.15, 0.2) is 0 Å². The molecule has 7 heteroatoms. The number of aromatic nitrogens is 1. The van der Waals surface area contributed by atoms with Crippen molar-refractivity contribution in [2.45, 2.75) is 6.92 Å². The maximum atomic E-state index is 13.6. The summed E-state index contributed by atoms with van der Waals surface area (Å²) in [5.74, 6) is -0.931. The first-order valence-electron chi connectivity index (χ1n) is 5.31. The molecule has 1 aromatic heterocycles. The molecule has 0 saturated carbocycles. The first-order valence-corrected chi connectivity index (χ1v) is 6.53. The van der Waals surface area contributed by atoms with Gasteiger partial charge in [-0.05, 0) is 19.1 Å². The van der Waals surface area contributed by atoms with Crippen molar-refractivity contribution in [3.8, 4) is 0 Å². The number of thiazole rings is 1. The average molecular weight is 295 g/mol. The smallest absolute Gasteiger partial charge is 0.267 e. The number of amides is 1. The number of benzene rings is 1. The molecule has 4 nitrogen and oxygen atoms in total. The molecule has 2 aromatic rings. The van der Waals surface area contributed by atoms with Gasteiger partial charge in [-0.3, -0.25) is 4.79 Å². The zero-order valence-electron chi connectivity index (χ0n) is 9.94. The number of rotatable bonds is 3. The lowest BCUT2D eigenvalue weighted by molar-refractivity contribution is 0.103. The van der Waals surface area contributed by atoms with Gasteiger partial charge >= 0.3 is 0 Å². The third-order valence-corrected chi connectivity index (χ3v) is 3.47. The molecule has 2 rings (SSSR count). The summed E-state index contributed by atoms with van der Waals surface area (Å²) in [6.07, 6.45) is 1.47. The number of nitrogens with one attached hydrogen (secondary N) is 1. The minimum atomic E-state index is -0.564. The Balaban J connectivity index is 2.31. The molecule has 1 heterocycles. The molecule has 1 aromatic carbocycles. The van der Waals surface area contributed by atoms with Crippen molar-refractivity contribution in [3.05, 3.63) is 45.7 Å². The summed E-state index contributed by atoms with van der Waals surface area (Å²) in [5.41, 5.74) is 5.75. The normalized spacial score (nSPS) is 10.2. The van der Waals surface area contributed by atoms with Crippen molar-refractivity contribution in [2.75, 3.05) is 5.32 Å². The van der Waals surface area contributed by atoms with E-state index in [-0.39, 0.29) is 22.1 Å². The Bertz CT molecular complexity index is 654. The van der Waals surface area contributed by atoms with Crippen LogP contribution in [0.3, 0.4) is 0 Å². The van der Waals surface area contributed by atoms with Crippen LogP contribution in [0.15, 0.2) is 24.4 Å². The van der Waals surface area contributed by atoms with Gasteiger partial charge in [-0.2, -0.15) is 0 Å². The highest BCUT2D eigenvalue weighted by molar-refractivity contribution is 7.80. The predicted octanol–water partition coefficient (Wildman–Crippen LogP) is 2.48. The summed E-state index contributed by atoms with van der Waals surface area (Å²) in [4.78, 5) is 16.3. The summed E-state index contributed by atoms with van der Waals surface area (Å²) in [6.45, 7) is 1.80. The van der Waals surface area contributed by atoms with Crippen LogP contribution in [-0.4, -0.2) is 15.9 Å². The minimum absolute atomic E-state index is 0.0343. The molecule has 0 aliphatic heterocycles. The topological polar surface area (TPSA) is 68.0 Å². The molecule has 1 amide bonds. The Morgan fingerprint density at radius 1 is 1.53 bits per heavy atom. The number of nitrogens with zero attached hydrogens (tertiary/aromatic N) is 1. The first-order chi connectivity index (χ1) is 8.99. The number of hydrogen-bond acceptors (Lipinski definition) is 4. The number of carbonyl (C=O) groups is 1. The third-order valence-electron chi connectivity index (χ3n) is 2.35. The highest BCUT2D eigenvalue weighted by atomic mass is 32.1. The van der Waals surface area contributed by atoms with Gasteiger partial charge in [0.25, 0.3) is 5.91 Å². The summed E-state index contributed by atoms with van der Waals surface area (Å²) >= 11 is 6.04. The van der Waals surface area contributed by atoms with E-state index in [2.05, 4.69) is 10.3 Å². The highest BCUT2D eigenvalue weighted by Gasteiger charge is 2.15. The molecule has 0 fully saturated rings. The van der Waals surface area contributed by atoms with Crippen molar-refractivity contribution in [2.24, 2.45) is 5.73 Å². The zero-order chi connectivity index (χ0) is 14.0. The standard InChI is InChI=1S/C12H10FN3OS2/c1-6-15-5-9(19-6)12(17)16-8-4-2-3-7(13)10(8)11(14)18/h2-5H,1H3,(H2,14,18)(H,16,17). The van der Waals surface area contributed by atoms with Gasteiger partial charge in [0.2, 0.25) is 0 Å². The van der Waals surface area contributed by atoms with E-state index in [9.17, 15) is 9.18 Å². The Labute approximate surface area is 118 Å². The van der Waals surface area contributed by atoms with Gasteiger partial charge in [-0.1, -0.05) is 18.3 Å². The first kappa shape index (κ1) is 13.6. The molecule has 98 valence electrons. The lowest BCUT2D eigenvalue weighted by atomic mass is 10.1. The number of thiocarbonyl (C=S) groups is 1. The molecule has 0 bridgehead atoms. The molecule has 0 spiro atoms. The van der Waals surface area contributed by atoms with E-state index in [0.29, 0.717) is 4.88 Å². The second kappa shape index (κ2) is 5.41. The zero-order valence-corrected chi connectivity index (χ0v) is 11.6. The van der Waals surface area contributed by atoms with Crippen molar-refractivity contribution in [3.63, 3.8) is 0 Å². The molecular formula is C12H10FN3OS2. The van der Waals surface area contributed by atoms with Gasteiger partial charge in [0.1, 0.15) is 15.7 Å². The van der Waals surface area contributed by atoms with E-state index < -0.39 is 5.82 Å². The van der Waals surface area contributed by atoms with Crippen molar-refractivity contribution >= 4 is 40.1 Å². The lowest BCUT2D eigenvalue weighted by Gasteiger charge is -2.09. The van der Waals surface area contributed by atoms with Crippen LogP contribution in [0.2, 0.25) is 0 Å². The minimum Gasteiger partial charge on any atom is -0.389 e. The molecule has 0 aliphatic carbocycles. The van der Waals surface area contributed by atoms with Gasteiger partial charge in [-0.25, -0.2) is 9.37 Å². The monoisotopic (exact) mass is 295 g/mol. The summed E-state index contributed by atoms with van der Waals surface area (Å²) in [6, 6.07) is 4.26. The Morgan fingerprint density at radius 3 is 2.84 bits per heavy atom. The lowest BCUT2D eigenvalue weighted by Crippen LogP contribution is -2.18. The summed E-state index contributed by atoms with van der Waals surface area (Å²) in [5, 5.41) is 3.36. The fraction of sp³-hybridized carbons (Fsp3) is 0.0833. The second-order valence-electron chi connectivity index (χ2n) is 3.72. The Hall–Kier alpha value is -1.86. The van der Waals surface area contributed by atoms with Crippen molar-refractivity contribution in [1.82, 2.24) is 4.98 Å². The van der Waals surface area contributed by atoms with Crippen LogP contribution < -0.4 is 11.1 Å². The van der Waals surface area contributed by atoms with E-state index in [1.54, 1.807) is 13.0 Å². The quantitative estimate of drug-likeness (QED) is 0.854. The number of aryl methyl sites for hydroxylation is 1. The SMILES string of the molecule is Cc1ncc(C(=O)Nc2cccc(F)c2C(N)=S)s1. The van der Waals surface area contributed by atoms with Crippen LogP contribution in [0.1, 0.15) is 20.2 Å². The van der Waals surface area contributed by atoms with Gasteiger partial charge < -0.3 is 11.1 Å².